The molecule has 2 N–H and O–H groups in total. The number of pyridine rings is 1. The Morgan fingerprint density at radius 1 is 0.962 bits per heavy atom. The van der Waals surface area contributed by atoms with Gasteiger partial charge in [0.1, 0.15) is 16.7 Å². The number of nitrogens with one attached hydrogen (secondary N) is 2. The number of alkyl halides is 3. The molecule has 26 heavy (non-hydrogen) atoms. The highest BCUT2D eigenvalue weighted by atomic mass is 19.4. The fraction of sp³-hybridized carbons (Fsp3) is 0.294. The summed E-state index contributed by atoms with van der Waals surface area (Å²) in [6.45, 7) is 0. The van der Waals surface area contributed by atoms with Gasteiger partial charge in [0.05, 0.1) is 23.0 Å². The maximum absolute atomic E-state index is 13.4. The minimum atomic E-state index is -4.51. The van der Waals surface area contributed by atoms with Gasteiger partial charge in [-0.1, -0.05) is 0 Å². The number of rotatable bonds is 1. The zero-order valence-electron chi connectivity index (χ0n) is 13.5. The summed E-state index contributed by atoms with van der Waals surface area (Å²) in [4.78, 5) is 4.59. The second-order valence-electron chi connectivity index (χ2n) is 6.43. The van der Waals surface area contributed by atoms with Gasteiger partial charge in [0.25, 0.3) is 0 Å². The maximum Gasteiger partial charge on any atom is 0.433 e. The van der Waals surface area contributed by atoms with Gasteiger partial charge in [0.2, 0.25) is 0 Å². The molecular formula is C17H13F3N6. The molecule has 6 nitrogen and oxygen atoms in total. The van der Waals surface area contributed by atoms with Gasteiger partial charge in [-0.05, 0) is 48.9 Å². The average molecular weight is 358 g/mol. The Morgan fingerprint density at radius 2 is 1.73 bits per heavy atom. The third-order valence-corrected chi connectivity index (χ3v) is 4.93. The summed E-state index contributed by atoms with van der Waals surface area (Å²) in [5, 5.41) is 17.5. The molecule has 0 bridgehead atoms. The van der Waals surface area contributed by atoms with Crippen LogP contribution in [0.4, 0.5) is 13.2 Å². The maximum atomic E-state index is 13.4. The Morgan fingerprint density at radius 3 is 2.54 bits per heavy atom. The summed E-state index contributed by atoms with van der Waals surface area (Å²) in [5.41, 5.74) is 3.42. The molecular weight excluding hydrogens is 345 g/mol. The zero-order chi connectivity index (χ0) is 17.9. The van der Waals surface area contributed by atoms with Crippen LogP contribution in [0.2, 0.25) is 0 Å². The van der Waals surface area contributed by atoms with E-state index in [0.29, 0.717) is 23.1 Å². The molecule has 9 heteroatoms. The smallest absolute Gasteiger partial charge is 0.273 e. The first-order chi connectivity index (χ1) is 12.5. The fourth-order valence-electron chi connectivity index (χ4n) is 3.83. The molecule has 0 aliphatic heterocycles. The molecule has 0 fully saturated rings. The Balaban J connectivity index is 1.88. The van der Waals surface area contributed by atoms with E-state index in [2.05, 4.69) is 30.6 Å². The third-order valence-electron chi connectivity index (χ3n) is 4.93. The Bertz CT molecular complexity index is 1140. The first kappa shape index (κ1) is 15.3. The minimum Gasteiger partial charge on any atom is -0.273 e. The molecule has 0 atom stereocenters. The number of aromatic amines is 2. The molecule has 1 aliphatic carbocycles. The van der Waals surface area contributed by atoms with Gasteiger partial charge in [-0.3, -0.25) is 5.10 Å². The van der Waals surface area contributed by atoms with Gasteiger partial charge in [-0.2, -0.15) is 33.7 Å². The van der Waals surface area contributed by atoms with Crippen LogP contribution in [0.25, 0.3) is 33.2 Å². The summed E-state index contributed by atoms with van der Waals surface area (Å²) in [5.74, 6) is 0. The van der Waals surface area contributed by atoms with Crippen molar-refractivity contribution in [3.05, 3.63) is 35.2 Å². The Hall–Kier alpha value is -2.97. The van der Waals surface area contributed by atoms with Gasteiger partial charge in [0, 0.05) is 5.39 Å². The van der Waals surface area contributed by atoms with Gasteiger partial charge in [-0.25, -0.2) is 4.98 Å². The van der Waals surface area contributed by atoms with Gasteiger partial charge in [-0.15, -0.1) is 0 Å². The van der Waals surface area contributed by atoms with E-state index in [4.69, 9.17) is 0 Å². The molecule has 1 aromatic carbocycles. The highest BCUT2D eigenvalue weighted by Crippen LogP contribution is 2.41. The van der Waals surface area contributed by atoms with Crippen LogP contribution < -0.4 is 0 Å². The van der Waals surface area contributed by atoms with Crippen molar-refractivity contribution < 1.29 is 13.2 Å². The van der Waals surface area contributed by atoms with Crippen molar-refractivity contribution in [1.82, 2.24) is 30.6 Å². The summed E-state index contributed by atoms with van der Waals surface area (Å²) in [7, 11) is 0. The number of benzene rings is 1. The fourth-order valence-corrected chi connectivity index (χ4v) is 3.83. The van der Waals surface area contributed by atoms with Crippen LogP contribution in [0.15, 0.2) is 18.3 Å². The first-order valence-electron chi connectivity index (χ1n) is 8.30. The lowest BCUT2D eigenvalue weighted by atomic mass is 9.86. The van der Waals surface area contributed by atoms with Crippen molar-refractivity contribution in [1.29, 1.82) is 0 Å². The number of hydrogen-bond acceptors (Lipinski definition) is 4. The number of aryl methyl sites for hydroxylation is 1. The van der Waals surface area contributed by atoms with Crippen LogP contribution in [-0.4, -0.2) is 30.6 Å². The lowest BCUT2D eigenvalue weighted by Gasteiger charge is -2.21. The highest BCUT2D eigenvalue weighted by molar-refractivity contribution is 6.05. The van der Waals surface area contributed by atoms with Crippen LogP contribution in [0.5, 0.6) is 0 Å². The van der Waals surface area contributed by atoms with Gasteiger partial charge in [0.15, 0.2) is 0 Å². The third kappa shape index (κ3) is 2.12. The number of fused-ring (bicyclic) bond motifs is 5. The molecule has 0 radical (unpaired) electrons. The van der Waals surface area contributed by atoms with E-state index in [1.54, 1.807) is 12.1 Å². The zero-order valence-corrected chi connectivity index (χ0v) is 13.5. The predicted molar refractivity (Wildman–Crippen MR) is 88.4 cm³/mol. The predicted octanol–water partition coefficient (Wildman–Crippen LogP) is 3.79. The Kier molecular flexibility index (Phi) is 3.10. The summed E-state index contributed by atoms with van der Waals surface area (Å²) in [6.07, 6.45) is 0.0654. The van der Waals surface area contributed by atoms with E-state index in [0.717, 1.165) is 41.3 Å². The van der Waals surface area contributed by atoms with Gasteiger partial charge < -0.3 is 0 Å². The molecule has 3 aromatic heterocycles. The second kappa shape index (κ2) is 5.26. The number of H-pyrrole nitrogens is 2. The number of nitrogens with zero attached hydrogens (tertiary/aromatic N) is 4. The summed E-state index contributed by atoms with van der Waals surface area (Å²) in [6, 6.07) is 3.55. The van der Waals surface area contributed by atoms with Crippen molar-refractivity contribution in [2.45, 2.75) is 31.9 Å². The Labute approximate surface area is 144 Å². The van der Waals surface area contributed by atoms with Crippen molar-refractivity contribution in [2.24, 2.45) is 0 Å². The molecule has 0 saturated heterocycles. The lowest BCUT2D eigenvalue weighted by Crippen LogP contribution is -2.11. The minimum absolute atomic E-state index is 0.00204. The quantitative estimate of drug-likeness (QED) is 0.542. The molecule has 0 spiro atoms. The van der Waals surface area contributed by atoms with Crippen LogP contribution in [0.1, 0.15) is 29.7 Å². The van der Waals surface area contributed by atoms with E-state index in [1.807, 2.05) is 0 Å². The molecule has 5 rings (SSSR count). The molecule has 132 valence electrons. The number of aromatic nitrogens is 6. The number of halogens is 3. The van der Waals surface area contributed by atoms with E-state index >= 15 is 0 Å². The molecule has 0 saturated carbocycles. The SMILES string of the molecule is FC(F)(F)c1[nH]ncc1-c1nc2ccc3n[nH]nc3c2c2c1CCCC2. The summed E-state index contributed by atoms with van der Waals surface area (Å²) >= 11 is 0. The topological polar surface area (TPSA) is 83.1 Å². The second-order valence-corrected chi connectivity index (χ2v) is 6.43. The molecule has 4 aromatic rings. The van der Waals surface area contributed by atoms with Crippen molar-refractivity contribution in [2.75, 3.05) is 0 Å². The van der Waals surface area contributed by atoms with Gasteiger partial charge >= 0.3 is 6.18 Å². The monoisotopic (exact) mass is 358 g/mol. The first-order valence-corrected chi connectivity index (χ1v) is 8.30. The standard InChI is InChI=1S/C17H13F3N6/c18-17(19,20)16-10(7-21-25-16)14-9-4-2-1-3-8(9)13-11(22-14)5-6-12-15(13)24-26-23-12/h5-7H,1-4H2,(H,21,25)(H,23,24,26). The normalized spacial score (nSPS) is 14.9. The van der Waals surface area contributed by atoms with E-state index in [9.17, 15) is 13.2 Å². The largest absolute Gasteiger partial charge is 0.433 e. The van der Waals surface area contributed by atoms with Crippen molar-refractivity contribution in [3.8, 4) is 11.3 Å². The molecule has 1 aliphatic rings. The van der Waals surface area contributed by atoms with E-state index in [1.165, 1.54) is 6.20 Å². The summed E-state index contributed by atoms with van der Waals surface area (Å²) < 4.78 is 40.1. The highest BCUT2D eigenvalue weighted by Gasteiger charge is 2.37. The number of hydrogen-bond donors (Lipinski definition) is 2. The van der Waals surface area contributed by atoms with Crippen molar-refractivity contribution >= 4 is 21.9 Å². The van der Waals surface area contributed by atoms with Crippen LogP contribution in [0.3, 0.4) is 0 Å². The van der Waals surface area contributed by atoms with E-state index < -0.39 is 11.9 Å². The average Bonchev–Trinajstić information content (AvgIpc) is 3.29. The molecule has 0 amide bonds. The lowest BCUT2D eigenvalue weighted by molar-refractivity contribution is -0.140. The van der Waals surface area contributed by atoms with Crippen LogP contribution in [0, 0.1) is 0 Å². The molecule has 0 unspecified atom stereocenters. The molecule has 3 heterocycles. The van der Waals surface area contributed by atoms with Crippen LogP contribution in [-0.2, 0) is 19.0 Å². The van der Waals surface area contributed by atoms with Crippen molar-refractivity contribution in [3.63, 3.8) is 0 Å². The van der Waals surface area contributed by atoms with Crippen LogP contribution >= 0.6 is 0 Å². The van der Waals surface area contributed by atoms with E-state index in [-0.39, 0.29) is 5.56 Å².